The van der Waals surface area contributed by atoms with Crippen molar-refractivity contribution >= 4 is 33.5 Å². The molecule has 4 aromatic heterocycles. The molecule has 0 aliphatic carbocycles. The summed E-state index contributed by atoms with van der Waals surface area (Å²) in [6.45, 7) is 0. The number of benzene rings is 4. The Hall–Kier alpha value is -5.60. The molecule has 252 valence electrons. The van der Waals surface area contributed by atoms with Crippen LogP contribution in [0.15, 0.2) is 144 Å². The largest absolute Gasteiger partial charge is 1.00 e. The molecule has 0 bridgehead atoms. The molecule has 54 heavy (non-hydrogen) atoms. The van der Waals surface area contributed by atoms with E-state index in [0.29, 0.717) is 22.3 Å². The van der Waals surface area contributed by atoms with Gasteiger partial charge in [0.25, 0.3) is 11.1 Å². The second-order valence-electron chi connectivity index (χ2n) is 11.4. The number of carbonyl (C=O) groups excluding carboxylic acids is 2. The van der Waals surface area contributed by atoms with Crippen LogP contribution in [0.3, 0.4) is 0 Å². The van der Waals surface area contributed by atoms with Crippen LogP contribution in [0, 0.1) is 0 Å². The minimum absolute atomic E-state index is 0. The van der Waals surface area contributed by atoms with Crippen molar-refractivity contribution in [1.82, 2.24) is 29.9 Å². The summed E-state index contributed by atoms with van der Waals surface area (Å²) in [5, 5.41) is 26.7. The number of hydrogen-bond acceptors (Lipinski definition) is 10. The van der Waals surface area contributed by atoms with Crippen LogP contribution in [-0.4, -0.2) is 41.8 Å². The van der Waals surface area contributed by atoms with Gasteiger partial charge >= 0.3 is 59.1 Å². The van der Waals surface area contributed by atoms with Crippen molar-refractivity contribution in [1.29, 1.82) is 0 Å². The third-order valence-electron chi connectivity index (χ3n) is 8.21. The molecule has 0 amide bonds. The summed E-state index contributed by atoms with van der Waals surface area (Å²) in [6, 6.07) is 32.8. The van der Waals surface area contributed by atoms with Gasteiger partial charge in [0.2, 0.25) is 0 Å². The van der Waals surface area contributed by atoms with Gasteiger partial charge in [-0.05, 0) is 45.8 Å². The van der Waals surface area contributed by atoms with Gasteiger partial charge in [0.05, 0.1) is 34.5 Å². The van der Waals surface area contributed by atoms with Crippen LogP contribution >= 0.6 is 0 Å². The number of rotatable bonds is 6. The molecule has 2 N–H and O–H groups in total. The van der Waals surface area contributed by atoms with Gasteiger partial charge in [-0.2, -0.15) is 0 Å². The number of carbonyl (C=O) groups is 2. The Bertz CT molecular complexity index is 2560. The number of carboxylic acids is 2. The zero-order valence-corrected chi connectivity index (χ0v) is 32.9. The Morgan fingerprint density at radius 1 is 0.500 bits per heavy atom. The van der Waals surface area contributed by atoms with Crippen LogP contribution in [0.2, 0.25) is 0 Å². The number of fused-ring (bicyclic) bond motifs is 2. The molecule has 0 aliphatic rings. The molecule has 4 aromatic carbocycles. The molecule has 0 atom stereocenters. The van der Waals surface area contributed by atoms with Gasteiger partial charge in [0.15, 0.2) is 0 Å². The Morgan fingerprint density at radius 3 is 1.26 bits per heavy atom. The van der Waals surface area contributed by atoms with Gasteiger partial charge in [-0.15, -0.1) is 0 Å². The van der Waals surface area contributed by atoms with Gasteiger partial charge < -0.3 is 29.8 Å². The molecular weight excluding hydrogens is 706 g/mol. The number of hydrogen-bond donors (Lipinski definition) is 2. The third-order valence-corrected chi connectivity index (χ3v) is 8.21. The van der Waals surface area contributed by atoms with E-state index in [1.807, 2.05) is 60.7 Å². The number of aromatic nitrogens is 6. The summed E-state index contributed by atoms with van der Waals surface area (Å²) in [7, 11) is 0. The van der Waals surface area contributed by atoms with E-state index in [0.717, 1.165) is 21.5 Å². The third kappa shape index (κ3) is 8.14. The topological polar surface area (TPSA) is 198 Å². The minimum atomic E-state index is -1.57. The van der Waals surface area contributed by atoms with E-state index in [4.69, 9.17) is 0 Å². The van der Waals surface area contributed by atoms with Gasteiger partial charge in [0, 0.05) is 47.0 Å². The number of pyridine rings is 2. The van der Waals surface area contributed by atoms with Crippen molar-refractivity contribution in [2.24, 2.45) is 0 Å². The average molecular weight is 731 g/mol. The molecule has 4 heterocycles. The summed E-state index contributed by atoms with van der Waals surface area (Å²) in [4.78, 5) is 70.0. The molecule has 0 saturated carbocycles. The molecule has 0 radical (unpaired) electrons. The van der Waals surface area contributed by atoms with E-state index in [1.165, 1.54) is 0 Å². The van der Waals surface area contributed by atoms with Crippen molar-refractivity contribution < 1.29 is 78.9 Å². The molecule has 12 nitrogen and oxygen atoms in total. The molecule has 0 fully saturated rings. The van der Waals surface area contributed by atoms with Crippen molar-refractivity contribution in [3.63, 3.8) is 0 Å². The van der Waals surface area contributed by atoms with Crippen molar-refractivity contribution in [2.45, 2.75) is 0 Å². The maximum Gasteiger partial charge on any atom is 1.00 e. The van der Waals surface area contributed by atoms with Crippen LogP contribution in [-0.2, 0) is 0 Å². The summed E-state index contributed by atoms with van der Waals surface area (Å²) < 4.78 is 0. The molecule has 0 saturated heterocycles. The van der Waals surface area contributed by atoms with Crippen LogP contribution < -0.4 is 80.4 Å². The molecule has 0 aliphatic heterocycles. The second-order valence-corrected chi connectivity index (χ2v) is 11.4. The summed E-state index contributed by atoms with van der Waals surface area (Å²) >= 11 is 0. The van der Waals surface area contributed by atoms with Crippen LogP contribution in [0.1, 0.15) is 20.7 Å². The molecule has 0 spiro atoms. The van der Waals surface area contributed by atoms with Gasteiger partial charge in [0.1, 0.15) is 11.6 Å². The maximum atomic E-state index is 12.4. The average Bonchev–Trinajstić information content (AvgIpc) is 3.17. The first-order chi connectivity index (χ1) is 25.3. The predicted molar refractivity (Wildman–Crippen MR) is 191 cm³/mol. The number of aromatic amines is 2. The standard InChI is InChI=1S/2C20H13N3O3.2Na/c2*24-19-16(20(25)26)17(22-18(23-19)13-7-4-10-21-11-13)15-9-3-6-12-5-1-2-8-14(12)15;;/h2*1-11H,(H,25,26)(H,22,23,24);;/q;;2*+1/p-2. The predicted octanol–water partition coefficient (Wildman–Crippen LogP) is -1.96. The van der Waals surface area contributed by atoms with Gasteiger partial charge in [-0.25, -0.2) is 9.97 Å². The fourth-order valence-electron chi connectivity index (χ4n) is 5.86. The first-order valence-electron chi connectivity index (χ1n) is 15.8. The molecule has 14 heteroatoms. The summed E-state index contributed by atoms with van der Waals surface area (Å²) in [5.74, 6) is -2.65. The molecule has 0 unspecified atom stereocenters. The maximum absolute atomic E-state index is 12.4. The van der Waals surface area contributed by atoms with E-state index in [-0.39, 0.29) is 82.2 Å². The second kappa shape index (κ2) is 17.5. The van der Waals surface area contributed by atoms with Gasteiger partial charge in [-0.3, -0.25) is 19.6 Å². The van der Waals surface area contributed by atoms with E-state index in [2.05, 4.69) is 29.9 Å². The van der Waals surface area contributed by atoms with Crippen LogP contribution in [0.25, 0.3) is 66.8 Å². The Morgan fingerprint density at radius 2 is 0.889 bits per heavy atom. The quantitative estimate of drug-likeness (QED) is 0.181. The van der Waals surface area contributed by atoms with Crippen molar-refractivity contribution in [3.05, 3.63) is 166 Å². The first-order valence-corrected chi connectivity index (χ1v) is 15.8. The minimum Gasteiger partial charge on any atom is -0.545 e. The van der Waals surface area contributed by atoms with Gasteiger partial charge in [-0.1, -0.05) is 84.9 Å². The van der Waals surface area contributed by atoms with Crippen LogP contribution in [0.4, 0.5) is 0 Å². The van der Waals surface area contributed by atoms with Crippen LogP contribution in [0.5, 0.6) is 0 Å². The first kappa shape index (κ1) is 39.6. The number of carboxylic acid groups (broad SMARTS) is 2. The fraction of sp³-hybridized carbons (Fsp3) is 0. The van der Waals surface area contributed by atoms with E-state index >= 15 is 0 Å². The Kier molecular flexibility index (Phi) is 12.8. The van der Waals surface area contributed by atoms with E-state index in [9.17, 15) is 29.4 Å². The molecular formula is C40H24N6Na2O6. The fourth-order valence-corrected chi connectivity index (χ4v) is 5.86. The van der Waals surface area contributed by atoms with E-state index in [1.54, 1.807) is 73.3 Å². The van der Waals surface area contributed by atoms with Crippen molar-refractivity contribution in [3.8, 4) is 45.3 Å². The Balaban J connectivity index is 0.000000200. The SMILES string of the molecule is O=C([O-])c1c(-c2cccc3ccccc23)nc(-c2cccnc2)[nH]c1=O.O=C([O-])c1c(-c2cccc3ccccc23)nc(-c2cccnc2)[nH]c1=O.[Na+].[Na+]. The summed E-state index contributed by atoms with van der Waals surface area (Å²) in [5.41, 5.74) is -0.0931. The number of nitrogens with zero attached hydrogens (tertiary/aromatic N) is 4. The normalized spacial score (nSPS) is 10.4. The zero-order valence-electron chi connectivity index (χ0n) is 28.9. The molecule has 8 rings (SSSR count). The molecule has 8 aromatic rings. The zero-order chi connectivity index (χ0) is 36.2. The smallest absolute Gasteiger partial charge is 0.545 e. The monoisotopic (exact) mass is 730 g/mol. The number of H-pyrrole nitrogens is 2. The van der Waals surface area contributed by atoms with E-state index < -0.39 is 34.2 Å². The van der Waals surface area contributed by atoms with Crippen molar-refractivity contribution in [2.75, 3.05) is 0 Å². The number of nitrogens with one attached hydrogen (secondary N) is 2. The number of aromatic carboxylic acids is 2. The summed E-state index contributed by atoms with van der Waals surface area (Å²) in [6.07, 6.45) is 6.29. The Labute approximate surface area is 350 Å².